The van der Waals surface area contributed by atoms with Crippen molar-refractivity contribution in [3.05, 3.63) is 169 Å². The van der Waals surface area contributed by atoms with Crippen molar-refractivity contribution in [3.8, 4) is 44.5 Å². The van der Waals surface area contributed by atoms with Crippen LogP contribution < -0.4 is 0 Å². The van der Waals surface area contributed by atoms with E-state index in [1.165, 1.54) is 0 Å². The second kappa shape index (κ2) is 10.4. The monoisotopic (exact) mass is 592 g/mol. The van der Waals surface area contributed by atoms with Crippen LogP contribution in [0.15, 0.2) is 174 Å². The van der Waals surface area contributed by atoms with Gasteiger partial charge in [0, 0.05) is 10.8 Å². The second-order valence-corrected chi connectivity index (χ2v) is 10.1. The van der Waals surface area contributed by atoms with Crippen molar-refractivity contribution in [1.82, 2.24) is 0 Å². The molecule has 210 valence electrons. The zero-order valence-corrected chi connectivity index (χ0v) is 23.0. The molecule has 0 aliphatic rings. The zero-order chi connectivity index (χ0) is 47.1. The van der Waals surface area contributed by atoms with Crippen LogP contribution in [0.3, 0.4) is 0 Å². The Morgan fingerprint density at radius 2 is 0.911 bits per heavy atom. The largest absolute Gasteiger partial charge is 0.456 e. The fraction of sp³-hybridized carbons (Fsp3) is 0. The first-order valence-electron chi connectivity index (χ1n) is 23.8. The zero-order valence-electron chi connectivity index (χ0n) is 43.0. The third-order valence-corrected chi connectivity index (χ3v) is 7.69. The number of fused-ring (bicyclic) bond motifs is 5. The van der Waals surface area contributed by atoms with Crippen LogP contribution in [0.2, 0.25) is 0 Å². The van der Waals surface area contributed by atoms with E-state index in [4.69, 9.17) is 26.3 Å². The summed E-state index contributed by atoms with van der Waals surface area (Å²) in [5.74, 6) is 0. The van der Waals surface area contributed by atoms with Crippen LogP contribution in [0.5, 0.6) is 0 Å². The van der Waals surface area contributed by atoms with Gasteiger partial charge in [0.1, 0.15) is 11.2 Å². The topological polar surface area (TPSA) is 13.1 Å². The lowest BCUT2D eigenvalue weighted by molar-refractivity contribution is 0.669. The summed E-state index contributed by atoms with van der Waals surface area (Å²) in [4.78, 5) is 0. The highest BCUT2D eigenvalue weighted by molar-refractivity contribution is 6.23. The van der Waals surface area contributed by atoms with E-state index in [0.717, 1.165) is 0 Å². The maximum atomic E-state index is 9.71. The first-order valence-corrected chi connectivity index (χ1v) is 13.8. The van der Waals surface area contributed by atoms with E-state index in [9.17, 15) is 5.48 Å². The minimum absolute atomic E-state index is 0.163. The van der Waals surface area contributed by atoms with E-state index >= 15 is 0 Å². The van der Waals surface area contributed by atoms with Gasteiger partial charge in [-0.05, 0) is 84.2 Å². The van der Waals surface area contributed by atoms with Gasteiger partial charge in [0.2, 0.25) is 0 Å². The standard InChI is InChI=1S/C44H28O/c1-3-14-29(15-4-1)32-18-7-8-19-34(32)43-37-22-11-9-20-35(37)42(36-21-10-12-23-38(36)43)31-26-27-39-41(28-31)45-40-25-13-24-33(44(39)40)30-16-5-2-6-17-30/h1-28H/i1D,2D,3D,4D,5D,6D,7D,8D,13D,14D,15D,16D,17D,18D,19D,24D,25D,26D,27D,28D. The third-order valence-electron chi connectivity index (χ3n) is 7.69. The Hall–Kier alpha value is -5.92. The van der Waals surface area contributed by atoms with Gasteiger partial charge in [-0.3, -0.25) is 0 Å². The Morgan fingerprint density at radius 3 is 1.56 bits per heavy atom. The molecule has 0 amide bonds. The van der Waals surface area contributed by atoms with Gasteiger partial charge >= 0.3 is 0 Å². The molecule has 0 radical (unpaired) electrons. The molecule has 0 fully saturated rings. The van der Waals surface area contributed by atoms with E-state index in [1.807, 2.05) is 0 Å². The number of hydrogen-bond donors (Lipinski definition) is 0. The summed E-state index contributed by atoms with van der Waals surface area (Å²) < 4.78 is 182. The summed E-state index contributed by atoms with van der Waals surface area (Å²) in [5, 5.41) is 0.595. The van der Waals surface area contributed by atoms with Gasteiger partial charge < -0.3 is 4.42 Å². The van der Waals surface area contributed by atoms with E-state index < -0.39 is 143 Å². The van der Waals surface area contributed by atoms with Gasteiger partial charge in [0.15, 0.2) is 0 Å². The fourth-order valence-electron chi connectivity index (χ4n) is 5.86. The molecule has 0 aliphatic carbocycles. The molecule has 9 aromatic rings. The average molecular weight is 593 g/mol. The molecule has 0 saturated heterocycles. The molecule has 0 spiro atoms. The normalized spacial score (nSPS) is 17.8. The van der Waals surface area contributed by atoms with Crippen LogP contribution in [-0.2, 0) is 0 Å². The molecular formula is C44H28O. The molecule has 1 heterocycles. The Bertz CT molecular complexity index is 3550. The van der Waals surface area contributed by atoms with Crippen LogP contribution >= 0.6 is 0 Å². The smallest absolute Gasteiger partial charge is 0.136 e. The maximum Gasteiger partial charge on any atom is 0.136 e. The molecular weight excluding hydrogens is 544 g/mol. The van der Waals surface area contributed by atoms with E-state index in [1.54, 1.807) is 48.5 Å². The molecule has 0 N–H and O–H groups in total. The Morgan fingerprint density at radius 1 is 0.378 bits per heavy atom. The second-order valence-electron chi connectivity index (χ2n) is 10.1. The lowest BCUT2D eigenvalue weighted by Crippen LogP contribution is -1.92. The van der Waals surface area contributed by atoms with Crippen molar-refractivity contribution in [2.45, 2.75) is 0 Å². The predicted molar refractivity (Wildman–Crippen MR) is 190 cm³/mol. The summed E-state index contributed by atoms with van der Waals surface area (Å²) in [6.07, 6.45) is 0. The van der Waals surface area contributed by atoms with Gasteiger partial charge in [-0.15, -0.1) is 0 Å². The molecule has 1 aromatic heterocycles. The first kappa shape index (κ1) is 12.6. The van der Waals surface area contributed by atoms with Crippen molar-refractivity contribution in [2.75, 3.05) is 0 Å². The molecule has 1 heteroatoms. The SMILES string of the molecule is [2H]c1c([2H])c([2H])c(-c2c([2H])c([2H])c([2H])c([2H])c2-c2c3ccccc3c(-c3c([2H])c([2H])c4c(oc5c([2H])c([2H])c([2H])c(-c6c([2H])c([2H])c([2H])c([2H])c6[2H])c54)c3[2H])c3ccccc23)c([2H])c1[2H]. The van der Waals surface area contributed by atoms with Gasteiger partial charge in [-0.1, -0.05) is 151 Å². The number of furan rings is 1. The van der Waals surface area contributed by atoms with Gasteiger partial charge in [-0.2, -0.15) is 0 Å². The quantitative estimate of drug-likeness (QED) is 0.185. The van der Waals surface area contributed by atoms with Crippen molar-refractivity contribution in [1.29, 1.82) is 0 Å². The highest BCUT2D eigenvalue weighted by Crippen LogP contribution is 2.47. The molecule has 0 aliphatic heterocycles. The highest BCUT2D eigenvalue weighted by atomic mass is 16.3. The van der Waals surface area contributed by atoms with Crippen LogP contribution in [0, 0.1) is 0 Å². The molecule has 0 saturated carbocycles. The van der Waals surface area contributed by atoms with E-state index in [2.05, 4.69) is 0 Å². The van der Waals surface area contributed by atoms with Crippen molar-refractivity contribution in [2.24, 2.45) is 0 Å². The lowest BCUT2D eigenvalue weighted by atomic mass is 9.84. The first-order chi connectivity index (χ1) is 30.7. The van der Waals surface area contributed by atoms with E-state index in [-0.39, 0.29) is 54.9 Å². The average Bonchev–Trinajstić information content (AvgIpc) is 3.70. The number of rotatable bonds is 4. The fourth-order valence-corrected chi connectivity index (χ4v) is 5.86. The molecule has 45 heavy (non-hydrogen) atoms. The summed E-state index contributed by atoms with van der Waals surface area (Å²) >= 11 is 0. The Labute approximate surface area is 289 Å². The van der Waals surface area contributed by atoms with Crippen molar-refractivity contribution < 1.29 is 31.8 Å². The van der Waals surface area contributed by atoms with Crippen LogP contribution in [0.4, 0.5) is 0 Å². The summed E-state index contributed by atoms with van der Waals surface area (Å²) in [7, 11) is 0. The summed E-state index contributed by atoms with van der Waals surface area (Å²) in [5.41, 5.74) is -2.56. The molecule has 0 unspecified atom stereocenters. The molecule has 1 nitrogen and oxygen atoms in total. The molecule has 9 rings (SSSR count). The minimum atomic E-state index is -0.743. The van der Waals surface area contributed by atoms with Crippen LogP contribution in [-0.4, -0.2) is 0 Å². The Balaban J connectivity index is 1.45. The van der Waals surface area contributed by atoms with Crippen molar-refractivity contribution >= 4 is 43.5 Å². The molecule has 0 atom stereocenters. The molecule has 0 bridgehead atoms. The lowest BCUT2D eigenvalue weighted by Gasteiger charge is -2.19. The number of benzene rings is 8. The van der Waals surface area contributed by atoms with Crippen LogP contribution in [0.1, 0.15) is 27.4 Å². The highest BCUT2D eigenvalue weighted by Gasteiger charge is 2.20. The Kier molecular flexibility index (Phi) is 2.90. The van der Waals surface area contributed by atoms with Gasteiger partial charge in [0.25, 0.3) is 0 Å². The van der Waals surface area contributed by atoms with E-state index in [0.29, 0.717) is 10.8 Å². The number of hydrogen-bond acceptors (Lipinski definition) is 1. The predicted octanol–water partition coefficient (Wildman–Crippen LogP) is 12.6. The molecule has 8 aromatic carbocycles. The van der Waals surface area contributed by atoms with Crippen molar-refractivity contribution in [3.63, 3.8) is 0 Å². The summed E-state index contributed by atoms with van der Waals surface area (Å²) in [6.45, 7) is 0. The third kappa shape index (κ3) is 4.09. The maximum absolute atomic E-state index is 9.71. The summed E-state index contributed by atoms with van der Waals surface area (Å²) in [6, 6.07) is -0.552. The minimum Gasteiger partial charge on any atom is -0.456 e. The van der Waals surface area contributed by atoms with Crippen LogP contribution in [0.25, 0.3) is 88.0 Å². The van der Waals surface area contributed by atoms with Gasteiger partial charge in [0.05, 0.1) is 27.4 Å². The van der Waals surface area contributed by atoms with Gasteiger partial charge in [-0.25, -0.2) is 0 Å².